The van der Waals surface area contributed by atoms with Crippen LogP contribution >= 0.6 is 11.6 Å². The van der Waals surface area contributed by atoms with E-state index >= 15 is 0 Å². The lowest BCUT2D eigenvalue weighted by molar-refractivity contribution is -0.229. The zero-order valence-electron chi connectivity index (χ0n) is 13.6. The number of hydrogen-bond donors (Lipinski definition) is 1. The average Bonchev–Trinajstić information content (AvgIpc) is 3.09. The summed E-state index contributed by atoms with van der Waals surface area (Å²) in [6, 6.07) is 7.13. The molecule has 130 valence electrons. The molecule has 1 aliphatic rings. The van der Waals surface area contributed by atoms with E-state index in [1.807, 2.05) is 6.92 Å². The first-order valence-electron chi connectivity index (χ1n) is 8.16. The summed E-state index contributed by atoms with van der Waals surface area (Å²) in [5.41, 5.74) is -0.565. The Kier molecular flexibility index (Phi) is 5.50. The zero-order chi connectivity index (χ0) is 17.0. The Bertz CT molecular complexity index is 629. The molecule has 2 aromatic rings. The molecular formula is C17H22ClN3O3. The van der Waals surface area contributed by atoms with Crippen LogP contribution in [0.3, 0.4) is 0 Å². The SMILES string of the molecule is C[C@@H](OC1CCCCO1)[C@](O)(Cn1cncn1)c1ccc(Cl)cc1. The summed E-state index contributed by atoms with van der Waals surface area (Å²) in [4.78, 5) is 3.94. The van der Waals surface area contributed by atoms with Gasteiger partial charge in [0.15, 0.2) is 6.29 Å². The summed E-state index contributed by atoms with van der Waals surface area (Å²) in [5.74, 6) is 0. The van der Waals surface area contributed by atoms with Crippen molar-refractivity contribution >= 4 is 11.6 Å². The van der Waals surface area contributed by atoms with Gasteiger partial charge in [-0.1, -0.05) is 23.7 Å². The Labute approximate surface area is 146 Å². The van der Waals surface area contributed by atoms with Gasteiger partial charge in [0.1, 0.15) is 18.3 Å². The molecule has 1 fully saturated rings. The van der Waals surface area contributed by atoms with Gasteiger partial charge >= 0.3 is 0 Å². The van der Waals surface area contributed by atoms with E-state index in [0.717, 1.165) is 19.3 Å². The van der Waals surface area contributed by atoms with Crippen molar-refractivity contribution in [3.63, 3.8) is 0 Å². The minimum absolute atomic E-state index is 0.225. The molecule has 0 aliphatic carbocycles. The Morgan fingerprint density at radius 2 is 2.21 bits per heavy atom. The second-order valence-electron chi connectivity index (χ2n) is 6.10. The molecule has 0 spiro atoms. The van der Waals surface area contributed by atoms with E-state index in [0.29, 0.717) is 17.2 Å². The van der Waals surface area contributed by atoms with Crippen molar-refractivity contribution in [3.05, 3.63) is 47.5 Å². The number of nitrogens with zero attached hydrogens (tertiary/aromatic N) is 3. The first-order valence-corrected chi connectivity index (χ1v) is 8.53. The molecule has 3 rings (SSSR count). The van der Waals surface area contributed by atoms with Crippen molar-refractivity contribution in [1.29, 1.82) is 0 Å². The molecule has 0 saturated carbocycles. The summed E-state index contributed by atoms with van der Waals surface area (Å²) < 4.78 is 13.3. The lowest BCUT2D eigenvalue weighted by atomic mass is 9.88. The predicted molar refractivity (Wildman–Crippen MR) is 89.5 cm³/mol. The molecule has 2 heterocycles. The van der Waals surface area contributed by atoms with Crippen LogP contribution in [0.25, 0.3) is 0 Å². The fourth-order valence-corrected chi connectivity index (χ4v) is 3.04. The maximum atomic E-state index is 11.4. The van der Waals surface area contributed by atoms with Gasteiger partial charge in [0.05, 0.1) is 12.6 Å². The molecule has 1 aromatic carbocycles. The summed E-state index contributed by atoms with van der Waals surface area (Å²) in [6.07, 6.45) is 5.19. The number of aliphatic hydroxyl groups is 1. The first-order chi connectivity index (χ1) is 11.6. The van der Waals surface area contributed by atoms with Crippen LogP contribution in [0.2, 0.25) is 5.02 Å². The fourth-order valence-electron chi connectivity index (χ4n) is 2.91. The number of rotatable bonds is 6. The van der Waals surface area contributed by atoms with E-state index in [4.69, 9.17) is 21.1 Å². The standard InChI is InChI=1S/C17H22ClN3O3/c1-13(24-16-4-2-3-9-23-16)17(22,10-21-12-19-11-20-21)14-5-7-15(18)8-6-14/h5-8,11-13,16,22H,2-4,9-10H2,1H3/t13-,16?,17-/m1/s1. The quantitative estimate of drug-likeness (QED) is 0.866. The summed E-state index contributed by atoms with van der Waals surface area (Å²) in [5, 5.41) is 16.2. The summed E-state index contributed by atoms with van der Waals surface area (Å²) in [7, 11) is 0. The molecule has 0 amide bonds. The van der Waals surface area contributed by atoms with Crippen LogP contribution in [0.15, 0.2) is 36.9 Å². The third-order valence-electron chi connectivity index (χ3n) is 4.38. The molecule has 7 heteroatoms. The largest absolute Gasteiger partial charge is 0.380 e. The number of hydrogen-bond acceptors (Lipinski definition) is 5. The molecular weight excluding hydrogens is 330 g/mol. The second kappa shape index (κ2) is 7.61. The molecule has 6 nitrogen and oxygen atoms in total. The molecule has 3 atom stereocenters. The van der Waals surface area contributed by atoms with E-state index in [1.54, 1.807) is 35.3 Å². The highest BCUT2D eigenvalue weighted by Gasteiger charge is 2.39. The van der Waals surface area contributed by atoms with E-state index in [9.17, 15) is 5.11 Å². The van der Waals surface area contributed by atoms with Crippen LogP contribution in [0.4, 0.5) is 0 Å². The van der Waals surface area contributed by atoms with Gasteiger partial charge < -0.3 is 14.6 Å². The highest BCUT2D eigenvalue weighted by molar-refractivity contribution is 6.30. The molecule has 1 aliphatic heterocycles. The highest BCUT2D eigenvalue weighted by atomic mass is 35.5. The zero-order valence-corrected chi connectivity index (χ0v) is 14.4. The second-order valence-corrected chi connectivity index (χ2v) is 6.54. The van der Waals surface area contributed by atoms with Crippen LogP contribution in [-0.2, 0) is 21.6 Å². The van der Waals surface area contributed by atoms with E-state index < -0.39 is 11.7 Å². The van der Waals surface area contributed by atoms with E-state index in [-0.39, 0.29) is 12.8 Å². The van der Waals surface area contributed by atoms with Crippen molar-refractivity contribution in [1.82, 2.24) is 14.8 Å². The molecule has 1 aromatic heterocycles. The third kappa shape index (κ3) is 3.95. The third-order valence-corrected chi connectivity index (χ3v) is 4.63. The van der Waals surface area contributed by atoms with Gasteiger partial charge in [-0.25, -0.2) is 9.67 Å². The fraction of sp³-hybridized carbons (Fsp3) is 0.529. The van der Waals surface area contributed by atoms with Crippen molar-refractivity contribution in [2.24, 2.45) is 0 Å². The Hall–Kier alpha value is -1.47. The number of halogens is 1. The van der Waals surface area contributed by atoms with Crippen molar-refractivity contribution in [2.75, 3.05) is 6.61 Å². The minimum Gasteiger partial charge on any atom is -0.380 e. The molecule has 0 radical (unpaired) electrons. The topological polar surface area (TPSA) is 69.4 Å². The van der Waals surface area contributed by atoms with E-state index in [1.165, 1.54) is 6.33 Å². The average molecular weight is 352 g/mol. The molecule has 24 heavy (non-hydrogen) atoms. The maximum absolute atomic E-state index is 11.4. The first kappa shape index (κ1) is 17.4. The van der Waals surface area contributed by atoms with Crippen molar-refractivity contribution in [2.45, 2.75) is 50.7 Å². The Morgan fingerprint density at radius 1 is 1.42 bits per heavy atom. The Balaban J connectivity index is 1.83. The number of ether oxygens (including phenoxy) is 2. The molecule has 1 unspecified atom stereocenters. The summed E-state index contributed by atoms with van der Waals surface area (Å²) in [6.45, 7) is 2.77. The van der Waals surface area contributed by atoms with Gasteiger partial charge in [-0.3, -0.25) is 0 Å². The maximum Gasteiger partial charge on any atom is 0.158 e. The number of aromatic nitrogens is 3. The van der Waals surface area contributed by atoms with Gasteiger partial charge in [-0.2, -0.15) is 5.10 Å². The van der Waals surface area contributed by atoms with Crippen LogP contribution in [0.1, 0.15) is 31.7 Å². The normalized spacial score (nSPS) is 22.0. The monoisotopic (exact) mass is 351 g/mol. The van der Waals surface area contributed by atoms with Gasteiger partial charge in [-0.15, -0.1) is 0 Å². The van der Waals surface area contributed by atoms with E-state index in [2.05, 4.69) is 10.1 Å². The lowest BCUT2D eigenvalue weighted by Crippen LogP contribution is -2.45. The molecule has 1 N–H and O–H groups in total. The van der Waals surface area contributed by atoms with Crippen molar-refractivity contribution < 1.29 is 14.6 Å². The number of benzene rings is 1. The van der Waals surface area contributed by atoms with Crippen LogP contribution in [0, 0.1) is 0 Å². The predicted octanol–water partition coefficient (Wildman–Crippen LogP) is 2.75. The Morgan fingerprint density at radius 3 is 2.83 bits per heavy atom. The lowest BCUT2D eigenvalue weighted by Gasteiger charge is -2.37. The van der Waals surface area contributed by atoms with Gasteiger partial charge in [-0.05, 0) is 43.9 Å². The van der Waals surface area contributed by atoms with Crippen LogP contribution < -0.4 is 0 Å². The van der Waals surface area contributed by atoms with Crippen LogP contribution in [-0.4, -0.2) is 38.9 Å². The molecule has 1 saturated heterocycles. The minimum atomic E-state index is -1.28. The summed E-state index contributed by atoms with van der Waals surface area (Å²) >= 11 is 5.98. The van der Waals surface area contributed by atoms with Gasteiger partial charge in [0.2, 0.25) is 0 Å². The van der Waals surface area contributed by atoms with Gasteiger partial charge in [0.25, 0.3) is 0 Å². The van der Waals surface area contributed by atoms with Crippen LogP contribution in [0.5, 0.6) is 0 Å². The molecule has 0 bridgehead atoms. The van der Waals surface area contributed by atoms with Gasteiger partial charge in [0, 0.05) is 11.6 Å². The highest BCUT2D eigenvalue weighted by Crippen LogP contribution is 2.32. The van der Waals surface area contributed by atoms with Crippen molar-refractivity contribution in [3.8, 4) is 0 Å². The smallest absolute Gasteiger partial charge is 0.158 e.